The molecule has 0 saturated heterocycles. The van der Waals surface area contributed by atoms with Gasteiger partial charge in [-0.3, -0.25) is 9.59 Å². The third-order valence-electron chi connectivity index (χ3n) is 7.14. The van der Waals surface area contributed by atoms with Gasteiger partial charge in [0.05, 0.1) is 12.1 Å². The average Bonchev–Trinajstić information content (AvgIpc) is 3.28. The number of anilines is 1. The minimum atomic E-state index is -0.658. The van der Waals surface area contributed by atoms with Crippen LogP contribution in [-0.4, -0.2) is 35.8 Å². The normalized spacial score (nSPS) is 13.2. The zero-order valence-corrected chi connectivity index (χ0v) is 23.2. The van der Waals surface area contributed by atoms with Gasteiger partial charge < -0.3 is 15.0 Å². The van der Waals surface area contributed by atoms with Crippen LogP contribution in [0.15, 0.2) is 91.0 Å². The van der Waals surface area contributed by atoms with Crippen LogP contribution in [0.3, 0.4) is 0 Å². The summed E-state index contributed by atoms with van der Waals surface area (Å²) in [6.45, 7) is 4.13. The molecule has 0 radical (unpaired) electrons. The highest BCUT2D eigenvalue weighted by Crippen LogP contribution is 2.35. The summed E-state index contributed by atoms with van der Waals surface area (Å²) >= 11 is 6.64. The molecule has 4 aromatic carbocycles. The van der Waals surface area contributed by atoms with Crippen molar-refractivity contribution in [3.63, 3.8) is 0 Å². The van der Waals surface area contributed by atoms with Crippen LogP contribution in [0.1, 0.15) is 40.1 Å². The van der Waals surface area contributed by atoms with Gasteiger partial charge in [0.25, 0.3) is 11.8 Å². The minimum absolute atomic E-state index is 0.0934. The minimum Gasteiger partial charge on any atom is -0.467 e. The molecule has 202 valence electrons. The highest BCUT2D eigenvalue weighted by Gasteiger charge is 2.38. The lowest BCUT2D eigenvalue weighted by Crippen LogP contribution is -2.45. The maximum Gasteiger partial charge on any atom is 0.328 e. The SMILES string of the molecule is COC(=O)[C@H](C(C)C)N1Cc2ccc(-c3ccc(NC(=O)c4ccc(-c5ccccc5)cc4)cc3Cl)cc2C1=O. The Morgan fingerprint density at radius 2 is 1.52 bits per heavy atom. The number of fused-ring (bicyclic) bond motifs is 1. The van der Waals surface area contributed by atoms with Crippen molar-refractivity contribution >= 4 is 35.1 Å². The molecule has 6 nitrogen and oxygen atoms in total. The first-order valence-corrected chi connectivity index (χ1v) is 13.4. The number of nitrogens with zero attached hydrogens (tertiary/aromatic N) is 1. The van der Waals surface area contributed by atoms with Gasteiger partial charge in [0.2, 0.25) is 0 Å². The fraction of sp³-hybridized carbons (Fsp3) is 0.182. The van der Waals surface area contributed by atoms with Crippen LogP contribution >= 0.6 is 11.6 Å². The van der Waals surface area contributed by atoms with Crippen molar-refractivity contribution in [1.29, 1.82) is 0 Å². The summed E-state index contributed by atoms with van der Waals surface area (Å²) in [5, 5.41) is 3.34. The van der Waals surface area contributed by atoms with Gasteiger partial charge in [-0.2, -0.15) is 0 Å². The van der Waals surface area contributed by atoms with E-state index in [-0.39, 0.29) is 17.7 Å². The van der Waals surface area contributed by atoms with E-state index in [2.05, 4.69) is 5.32 Å². The number of carbonyl (C=O) groups excluding carboxylic acids is 3. The number of benzene rings is 4. The first kappa shape index (κ1) is 27.2. The highest BCUT2D eigenvalue weighted by molar-refractivity contribution is 6.33. The molecular weight excluding hydrogens is 524 g/mol. The average molecular weight is 553 g/mol. The summed E-state index contributed by atoms with van der Waals surface area (Å²) in [6.07, 6.45) is 0. The van der Waals surface area contributed by atoms with E-state index in [1.54, 1.807) is 35.2 Å². The first-order valence-electron chi connectivity index (χ1n) is 13.1. The van der Waals surface area contributed by atoms with Crippen LogP contribution in [0.5, 0.6) is 0 Å². The number of halogens is 1. The van der Waals surface area contributed by atoms with Crippen LogP contribution in [0.25, 0.3) is 22.3 Å². The Labute approximate surface area is 238 Å². The summed E-state index contributed by atoms with van der Waals surface area (Å²) in [6, 6.07) is 27.6. The quantitative estimate of drug-likeness (QED) is 0.249. The Balaban J connectivity index is 1.32. The Morgan fingerprint density at radius 1 is 0.850 bits per heavy atom. The number of amides is 2. The number of hydrogen-bond acceptors (Lipinski definition) is 4. The fourth-order valence-electron chi connectivity index (χ4n) is 5.07. The van der Waals surface area contributed by atoms with Crippen LogP contribution < -0.4 is 5.32 Å². The van der Waals surface area contributed by atoms with Crippen molar-refractivity contribution in [3.05, 3.63) is 113 Å². The van der Waals surface area contributed by atoms with E-state index < -0.39 is 12.0 Å². The summed E-state index contributed by atoms with van der Waals surface area (Å²) in [5.74, 6) is -0.968. The number of carbonyl (C=O) groups is 3. The molecule has 1 heterocycles. The predicted molar refractivity (Wildman–Crippen MR) is 157 cm³/mol. The van der Waals surface area contributed by atoms with E-state index in [0.717, 1.165) is 27.8 Å². The number of rotatable bonds is 7. The maximum absolute atomic E-state index is 13.3. The Kier molecular flexibility index (Phi) is 7.71. The fourth-order valence-corrected chi connectivity index (χ4v) is 5.36. The maximum atomic E-state index is 13.3. The molecule has 40 heavy (non-hydrogen) atoms. The van der Waals surface area contributed by atoms with Gasteiger partial charge in [0.15, 0.2) is 0 Å². The first-order chi connectivity index (χ1) is 19.3. The number of methoxy groups -OCH3 is 1. The molecule has 0 spiro atoms. The molecule has 0 aromatic heterocycles. The van der Waals surface area contributed by atoms with Gasteiger partial charge in [-0.25, -0.2) is 4.79 Å². The zero-order valence-electron chi connectivity index (χ0n) is 22.5. The lowest BCUT2D eigenvalue weighted by Gasteiger charge is -2.28. The van der Waals surface area contributed by atoms with Gasteiger partial charge in [0, 0.05) is 28.9 Å². The van der Waals surface area contributed by atoms with Gasteiger partial charge in [-0.15, -0.1) is 0 Å². The Bertz CT molecular complexity index is 1580. The molecule has 1 aliphatic rings. The largest absolute Gasteiger partial charge is 0.467 e. The van der Waals surface area contributed by atoms with E-state index in [9.17, 15) is 14.4 Å². The Morgan fingerprint density at radius 3 is 2.17 bits per heavy atom. The number of ether oxygens (including phenoxy) is 1. The van der Waals surface area contributed by atoms with Gasteiger partial charge in [-0.05, 0) is 58.5 Å². The molecule has 1 N–H and O–H groups in total. The van der Waals surface area contributed by atoms with Crippen molar-refractivity contribution in [2.45, 2.75) is 26.4 Å². The second kappa shape index (κ2) is 11.4. The predicted octanol–water partition coefficient (Wildman–Crippen LogP) is 7.08. The molecule has 1 atom stereocenters. The molecule has 7 heteroatoms. The Hall–Kier alpha value is -4.42. The molecule has 0 unspecified atom stereocenters. The monoisotopic (exact) mass is 552 g/mol. The van der Waals surface area contributed by atoms with Crippen LogP contribution in [0.4, 0.5) is 5.69 Å². The summed E-state index contributed by atoms with van der Waals surface area (Å²) in [5.41, 5.74) is 6.11. The van der Waals surface area contributed by atoms with Gasteiger partial charge in [0.1, 0.15) is 6.04 Å². The third kappa shape index (κ3) is 5.36. The van der Waals surface area contributed by atoms with Crippen LogP contribution in [0.2, 0.25) is 5.02 Å². The van der Waals surface area contributed by atoms with Gasteiger partial charge in [-0.1, -0.05) is 86.1 Å². The van der Waals surface area contributed by atoms with Crippen molar-refractivity contribution in [1.82, 2.24) is 4.90 Å². The summed E-state index contributed by atoms with van der Waals surface area (Å²) < 4.78 is 4.95. The second-order valence-corrected chi connectivity index (χ2v) is 10.5. The molecule has 0 aliphatic carbocycles. The molecule has 0 fully saturated rings. The van der Waals surface area contributed by atoms with E-state index in [4.69, 9.17) is 16.3 Å². The highest BCUT2D eigenvalue weighted by atomic mass is 35.5. The third-order valence-corrected chi connectivity index (χ3v) is 7.46. The molecule has 5 rings (SSSR count). The van der Waals surface area contributed by atoms with Gasteiger partial charge >= 0.3 is 5.97 Å². The van der Waals surface area contributed by atoms with Crippen LogP contribution in [0, 0.1) is 5.92 Å². The second-order valence-electron chi connectivity index (χ2n) is 10.1. The molecule has 1 aliphatic heterocycles. The van der Waals surface area contributed by atoms with Crippen molar-refractivity contribution in [2.24, 2.45) is 5.92 Å². The lowest BCUT2D eigenvalue weighted by atomic mass is 10.00. The smallest absolute Gasteiger partial charge is 0.328 e. The van der Waals surface area contributed by atoms with E-state index in [1.807, 2.05) is 74.5 Å². The molecular formula is C33H29ClN2O4. The van der Waals surface area contributed by atoms with E-state index in [1.165, 1.54) is 7.11 Å². The van der Waals surface area contributed by atoms with Crippen LogP contribution in [-0.2, 0) is 16.1 Å². The molecule has 0 bridgehead atoms. The van der Waals surface area contributed by atoms with Crippen molar-refractivity contribution in [3.8, 4) is 22.3 Å². The number of hydrogen-bond donors (Lipinski definition) is 1. The summed E-state index contributed by atoms with van der Waals surface area (Å²) in [4.78, 5) is 40.1. The topological polar surface area (TPSA) is 75.7 Å². The zero-order chi connectivity index (χ0) is 28.4. The molecule has 2 amide bonds. The lowest BCUT2D eigenvalue weighted by molar-refractivity contribution is -0.147. The molecule has 4 aromatic rings. The van der Waals surface area contributed by atoms with E-state index in [0.29, 0.717) is 28.4 Å². The summed E-state index contributed by atoms with van der Waals surface area (Å²) in [7, 11) is 1.33. The number of nitrogens with one attached hydrogen (secondary N) is 1. The number of esters is 1. The molecule has 0 saturated carbocycles. The van der Waals surface area contributed by atoms with E-state index >= 15 is 0 Å². The standard InChI is InChI=1S/C33H29ClN2O4/c1-20(2)30(33(39)40-3)36-19-25-14-13-24(17-28(25)32(36)38)27-16-15-26(18-29(27)34)35-31(37)23-11-9-22(10-12-23)21-7-5-4-6-8-21/h4-18,20,30H,19H2,1-3H3,(H,35,37)/t30-/m0/s1. The van der Waals surface area contributed by atoms with Crippen molar-refractivity contribution < 1.29 is 19.1 Å². The van der Waals surface area contributed by atoms with Crippen molar-refractivity contribution in [2.75, 3.05) is 12.4 Å².